The first-order valence-corrected chi connectivity index (χ1v) is 3.63. The minimum Gasteiger partial charge on any atom is -0.377 e. The van der Waals surface area contributed by atoms with Crippen molar-refractivity contribution in [1.29, 1.82) is 0 Å². The third kappa shape index (κ3) is 1.26. The SMILES string of the molecule is C[C@H]1CO[C@@H]1C(C)(C)C. The Hall–Kier alpha value is -0.0400. The third-order valence-corrected chi connectivity index (χ3v) is 1.91. The fraction of sp³-hybridized carbons (Fsp3) is 1.00. The van der Waals surface area contributed by atoms with Crippen molar-refractivity contribution in [3.05, 3.63) is 0 Å². The van der Waals surface area contributed by atoms with Gasteiger partial charge in [0.05, 0.1) is 12.7 Å². The van der Waals surface area contributed by atoms with E-state index in [1.165, 1.54) is 0 Å². The Morgan fingerprint density at radius 3 is 1.89 bits per heavy atom. The largest absolute Gasteiger partial charge is 0.377 e. The Kier molecular flexibility index (Phi) is 1.55. The summed E-state index contributed by atoms with van der Waals surface area (Å²) in [6, 6.07) is 0. The van der Waals surface area contributed by atoms with Gasteiger partial charge in [0.25, 0.3) is 0 Å². The maximum atomic E-state index is 5.41. The monoisotopic (exact) mass is 128 g/mol. The van der Waals surface area contributed by atoms with Crippen molar-refractivity contribution in [2.45, 2.75) is 33.8 Å². The highest BCUT2D eigenvalue weighted by atomic mass is 16.5. The fourth-order valence-electron chi connectivity index (χ4n) is 1.49. The van der Waals surface area contributed by atoms with Crippen LogP contribution in [0.2, 0.25) is 0 Å². The second-order valence-corrected chi connectivity index (χ2v) is 4.10. The van der Waals surface area contributed by atoms with E-state index in [0.717, 1.165) is 12.5 Å². The highest BCUT2D eigenvalue weighted by molar-refractivity contribution is 4.85. The van der Waals surface area contributed by atoms with E-state index in [1.54, 1.807) is 0 Å². The summed E-state index contributed by atoms with van der Waals surface area (Å²) in [4.78, 5) is 0. The molecule has 1 heteroatoms. The molecule has 0 amide bonds. The highest BCUT2D eigenvalue weighted by Crippen LogP contribution is 2.34. The molecule has 1 nitrogen and oxygen atoms in total. The first-order chi connectivity index (χ1) is 4.02. The standard InChI is InChI=1S/C8H16O/c1-6-5-9-7(6)8(2,3)4/h6-7H,5H2,1-4H3/t6-,7-/m0/s1. The van der Waals surface area contributed by atoms with Crippen LogP contribution in [0.15, 0.2) is 0 Å². The van der Waals surface area contributed by atoms with Gasteiger partial charge in [0.15, 0.2) is 0 Å². The topological polar surface area (TPSA) is 9.23 Å². The minimum atomic E-state index is 0.345. The lowest BCUT2D eigenvalue weighted by Crippen LogP contribution is -2.46. The molecule has 1 heterocycles. The summed E-state index contributed by atoms with van der Waals surface area (Å²) >= 11 is 0. The summed E-state index contributed by atoms with van der Waals surface area (Å²) in [6.07, 6.45) is 0.498. The Labute approximate surface area is 57.4 Å². The Balaban J connectivity index is 2.44. The van der Waals surface area contributed by atoms with E-state index < -0.39 is 0 Å². The molecular weight excluding hydrogens is 112 g/mol. The molecule has 0 spiro atoms. The van der Waals surface area contributed by atoms with Gasteiger partial charge in [-0.05, 0) is 5.41 Å². The van der Waals surface area contributed by atoms with E-state index in [9.17, 15) is 0 Å². The van der Waals surface area contributed by atoms with Crippen LogP contribution in [0.4, 0.5) is 0 Å². The van der Waals surface area contributed by atoms with Gasteiger partial charge < -0.3 is 4.74 Å². The van der Waals surface area contributed by atoms with Crippen LogP contribution in [0.1, 0.15) is 27.7 Å². The molecule has 9 heavy (non-hydrogen) atoms. The van der Waals surface area contributed by atoms with Gasteiger partial charge in [-0.25, -0.2) is 0 Å². The zero-order valence-electron chi connectivity index (χ0n) is 6.77. The molecule has 2 atom stereocenters. The molecular formula is C8H16O. The molecule has 0 aromatic rings. The fourth-order valence-corrected chi connectivity index (χ4v) is 1.49. The minimum absolute atomic E-state index is 0.345. The molecule has 0 unspecified atom stereocenters. The van der Waals surface area contributed by atoms with Crippen LogP contribution in [0.25, 0.3) is 0 Å². The second-order valence-electron chi connectivity index (χ2n) is 4.10. The van der Waals surface area contributed by atoms with Crippen LogP contribution in [0, 0.1) is 11.3 Å². The molecule has 1 saturated heterocycles. The van der Waals surface area contributed by atoms with Gasteiger partial charge >= 0.3 is 0 Å². The van der Waals surface area contributed by atoms with Crippen molar-refractivity contribution in [2.24, 2.45) is 11.3 Å². The summed E-state index contributed by atoms with van der Waals surface area (Å²) in [6.45, 7) is 9.90. The van der Waals surface area contributed by atoms with E-state index in [1.807, 2.05) is 0 Å². The van der Waals surface area contributed by atoms with Crippen LogP contribution in [0.5, 0.6) is 0 Å². The molecule has 54 valence electrons. The third-order valence-electron chi connectivity index (χ3n) is 1.91. The lowest BCUT2D eigenvalue weighted by atomic mass is 9.79. The second kappa shape index (κ2) is 1.98. The number of hydrogen-bond acceptors (Lipinski definition) is 1. The lowest BCUT2D eigenvalue weighted by molar-refractivity contribution is -0.158. The summed E-state index contributed by atoms with van der Waals surface area (Å²) in [5.41, 5.74) is 0.345. The van der Waals surface area contributed by atoms with E-state index in [4.69, 9.17) is 4.74 Å². The molecule has 1 rings (SSSR count). The van der Waals surface area contributed by atoms with Crippen LogP contribution in [-0.4, -0.2) is 12.7 Å². The molecule has 1 aliphatic rings. The molecule has 0 saturated carbocycles. The highest BCUT2D eigenvalue weighted by Gasteiger charge is 2.37. The quantitative estimate of drug-likeness (QED) is 0.485. The molecule has 0 radical (unpaired) electrons. The average molecular weight is 128 g/mol. The van der Waals surface area contributed by atoms with Crippen LogP contribution in [-0.2, 0) is 4.74 Å². The predicted octanol–water partition coefficient (Wildman–Crippen LogP) is 2.07. The first-order valence-electron chi connectivity index (χ1n) is 3.63. The smallest absolute Gasteiger partial charge is 0.0670 e. The summed E-state index contributed by atoms with van der Waals surface area (Å²) < 4.78 is 5.41. The normalized spacial score (nSPS) is 36.0. The van der Waals surface area contributed by atoms with Gasteiger partial charge in [0, 0.05) is 5.92 Å². The lowest BCUT2D eigenvalue weighted by Gasteiger charge is -2.43. The van der Waals surface area contributed by atoms with Crippen molar-refractivity contribution in [2.75, 3.05) is 6.61 Å². The van der Waals surface area contributed by atoms with Crippen molar-refractivity contribution >= 4 is 0 Å². The zero-order chi connectivity index (χ0) is 7.07. The average Bonchev–Trinajstić information content (AvgIpc) is 1.57. The molecule has 0 aromatic heterocycles. The van der Waals surface area contributed by atoms with Gasteiger partial charge in [-0.2, -0.15) is 0 Å². The van der Waals surface area contributed by atoms with Crippen LogP contribution in [0.3, 0.4) is 0 Å². The number of hydrogen-bond donors (Lipinski definition) is 0. The Bertz CT molecular complexity index is 102. The van der Waals surface area contributed by atoms with Gasteiger partial charge in [0.2, 0.25) is 0 Å². The van der Waals surface area contributed by atoms with Gasteiger partial charge in [-0.3, -0.25) is 0 Å². The Morgan fingerprint density at radius 1 is 1.33 bits per heavy atom. The van der Waals surface area contributed by atoms with E-state index in [0.29, 0.717) is 11.5 Å². The zero-order valence-corrected chi connectivity index (χ0v) is 6.77. The van der Waals surface area contributed by atoms with E-state index in [-0.39, 0.29) is 0 Å². The number of ether oxygens (including phenoxy) is 1. The van der Waals surface area contributed by atoms with Crippen molar-refractivity contribution in [3.63, 3.8) is 0 Å². The summed E-state index contributed by atoms with van der Waals surface area (Å²) in [5, 5.41) is 0. The molecule has 1 fully saturated rings. The summed E-state index contributed by atoms with van der Waals surface area (Å²) in [7, 11) is 0. The summed E-state index contributed by atoms with van der Waals surface area (Å²) in [5.74, 6) is 0.769. The molecule has 1 aliphatic heterocycles. The molecule has 0 aromatic carbocycles. The first kappa shape index (κ1) is 7.07. The van der Waals surface area contributed by atoms with E-state index in [2.05, 4.69) is 27.7 Å². The molecule has 0 aliphatic carbocycles. The van der Waals surface area contributed by atoms with Crippen LogP contribution >= 0.6 is 0 Å². The van der Waals surface area contributed by atoms with Crippen molar-refractivity contribution in [3.8, 4) is 0 Å². The predicted molar refractivity (Wildman–Crippen MR) is 38.4 cm³/mol. The maximum Gasteiger partial charge on any atom is 0.0670 e. The maximum absolute atomic E-state index is 5.41. The molecule has 0 N–H and O–H groups in total. The van der Waals surface area contributed by atoms with Gasteiger partial charge in [0.1, 0.15) is 0 Å². The molecule has 0 bridgehead atoms. The van der Waals surface area contributed by atoms with Gasteiger partial charge in [-0.1, -0.05) is 27.7 Å². The van der Waals surface area contributed by atoms with Crippen molar-refractivity contribution < 1.29 is 4.74 Å². The van der Waals surface area contributed by atoms with Crippen molar-refractivity contribution in [1.82, 2.24) is 0 Å². The van der Waals surface area contributed by atoms with Gasteiger partial charge in [-0.15, -0.1) is 0 Å². The Morgan fingerprint density at radius 2 is 1.89 bits per heavy atom. The van der Waals surface area contributed by atoms with Crippen LogP contribution < -0.4 is 0 Å². The number of rotatable bonds is 0. The van der Waals surface area contributed by atoms with E-state index >= 15 is 0 Å².